The van der Waals surface area contributed by atoms with Gasteiger partial charge < -0.3 is 19.5 Å². The molecule has 1 N–H and O–H groups in total. The number of hydrogen-bond acceptors (Lipinski definition) is 7. The minimum atomic E-state index is -1.22. The predicted octanol–water partition coefficient (Wildman–Crippen LogP) is 15.9. The molecule has 0 saturated carbocycles. The van der Waals surface area contributed by atoms with E-state index in [1.807, 2.05) is 12.1 Å². The summed E-state index contributed by atoms with van der Waals surface area (Å²) in [6, 6.07) is 52.7. The number of rotatable bonds is 21. The second-order valence-corrected chi connectivity index (χ2v) is 17.4. The summed E-state index contributed by atoms with van der Waals surface area (Å²) in [5, 5.41) is 18.5. The average molecular weight is 857 g/mol. The highest BCUT2D eigenvalue weighted by Crippen LogP contribution is 2.41. The van der Waals surface area contributed by atoms with Crippen molar-refractivity contribution in [3.05, 3.63) is 156 Å². The zero-order chi connectivity index (χ0) is 43.1. The lowest BCUT2D eigenvalue weighted by atomic mass is 10.0. The molecule has 314 valence electrons. The minimum Gasteiger partial charge on any atom is -0.494 e. The highest BCUT2D eigenvalue weighted by Gasteiger charge is 2.15. The van der Waals surface area contributed by atoms with E-state index >= 15 is 0 Å². The molecule has 62 heavy (non-hydrogen) atoms. The van der Waals surface area contributed by atoms with Crippen LogP contribution in [0.4, 0.5) is 17.1 Å². The van der Waals surface area contributed by atoms with Gasteiger partial charge in [0, 0.05) is 36.6 Å². The van der Waals surface area contributed by atoms with Gasteiger partial charge in [0.25, 0.3) is 0 Å². The summed E-state index contributed by atoms with van der Waals surface area (Å²) in [4.78, 5) is 17.6. The Morgan fingerprint density at radius 1 is 0.532 bits per heavy atom. The predicted molar refractivity (Wildman–Crippen MR) is 259 cm³/mol. The third-order valence-electron chi connectivity index (χ3n) is 10.7. The Morgan fingerprint density at radius 3 is 1.37 bits per heavy atom. The summed E-state index contributed by atoms with van der Waals surface area (Å²) >= 11 is 3.15. The van der Waals surface area contributed by atoms with E-state index in [-0.39, 0.29) is 5.57 Å². The molecule has 8 heteroatoms. The van der Waals surface area contributed by atoms with Crippen molar-refractivity contribution in [1.82, 2.24) is 0 Å². The van der Waals surface area contributed by atoms with E-state index in [0.29, 0.717) is 0 Å². The number of benzene rings is 5. The van der Waals surface area contributed by atoms with Crippen LogP contribution in [0.2, 0.25) is 0 Å². The first-order chi connectivity index (χ1) is 30.4. The average Bonchev–Trinajstić information content (AvgIpc) is 4.00. The molecule has 0 aliphatic heterocycles. The maximum absolute atomic E-state index is 11.3. The molecule has 5 aromatic carbocycles. The maximum Gasteiger partial charge on any atom is 0.346 e. The van der Waals surface area contributed by atoms with Crippen molar-refractivity contribution in [1.29, 1.82) is 5.26 Å². The van der Waals surface area contributed by atoms with Crippen LogP contribution in [0.15, 0.2) is 151 Å². The van der Waals surface area contributed by atoms with Crippen molar-refractivity contribution in [2.24, 2.45) is 0 Å². The van der Waals surface area contributed by atoms with Gasteiger partial charge in [0.2, 0.25) is 0 Å². The molecular formula is C54H52N2O4S2. The summed E-state index contributed by atoms with van der Waals surface area (Å²) in [5.41, 5.74) is 8.50. The molecule has 0 saturated heterocycles. The molecule has 0 unspecified atom stereocenters. The van der Waals surface area contributed by atoms with Crippen molar-refractivity contribution in [2.45, 2.75) is 65.2 Å². The SMILES string of the molecule is CCCCCCOc1ccc(-c2ccc(N(c3ccc(-c4ccc(OCCCCCC)cc4)cc3)c3ccc(-c4ccc(-c5ccc(/C=C(\C#N)C(=O)O)s5)s4)cc3)cc2)cc1. The van der Waals surface area contributed by atoms with Crippen LogP contribution in [0.3, 0.4) is 0 Å². The lowest BCUT2D eigenvalue weighted by Gasteiger charge is -2.26. The maximum atomic E-state index is 11.3. The van der Waals surface area contributed by atoms with Gasteiger partial charge in [-0.1, -0.05) is 113 Å². The molecule has 0 bridgehead atoms. The van der Waals surface area contributed by atoms with Gasteiger partial charge in [-0.25, -0.2) is 4.79 Å². The summed E-state index contributed by atoms with van der Waals surface area (Å²) in [5.74, 6) is 0.584. The number of hydrogen-bond donors (Lipinski definition) is 1. The standard InChI is InChI=1S/C54H52N2O4S2/c1-3-5-7-9-35-59-48-27-17-41(18-28-48)39-11-21-45(22-12-39)56(46-23-13-40(14-24-46)42-19-29-49(30-20-42)60-36-10-8-6-4-2)47-25-15-43(16-26-47)51-33-34-53(62-51)52-32-31-50(61-52)37-44(38-55)54(57)58/h11-34,37H,3-10,35-36H2,1-2H3,(H,57,58)/b44-37+. The number of carbonyl (C=O) groups is 1. The first-order valence-electron chi connectivity index (χ1n) is 21.5. The van der Waals surface area contributed by atoms with Crippen LogP contribution in [0.1, 0.15) is 70.1 Å². The quantitative estimate of drug-likeness (QED) is 0.0440. The van der Waals surface area contributed by atoms with Gasteiger partial charge in [0.1, 0.15) is 23.1 Å². The highest BCUT2D eigenvalue weighted by atomic mass is 32.1. The number of nitrogens with zero attached hydrogens (tertiary/aromatic N) is 2. The fourth-order valence-corrected chi connectivity index (χ4v) is 9.28. The molecule has 6 nitrogen and oxygen atoms in total. The second-order valence-electron chi connectivity index (χ2n) is 15.2. The Kier molecular flexibility index (Phi) is 15.4. The van der Waals surface area contributed by atoms with Gasteiger partial charge in [-0.3, -0.25) is 0 Å². The van der Waals surface area contributed by atoms with Crippen molar-refractivity contribution >= 4 is 51.8 Å². The monoisotopic (exact) mass is 856 g/mol. The van der Waals surface area contributed by atoms with E-state index < -0.39 is 5.97 Å². The molecule has 0 aliphatic carbocycles. The van der Waals surface area contributed by atoms with Gasteiger partial charge in [-0.05, 0) is 132 Å². The lowest BCUT2D eigenvalue weighted by molar-refractivity contribution is -0.132. The lowest BCUT2D eigenvalue weighted by Crippen LogP contribution is -2.09. The number of thiophene rings is 2. The molecule has 0 fully saturated rings. The fourth-order valence-electron chi connectivity index (χ4n) is 7.23. The number of aliphatic carboxylic acids is 1. The van der Waals surface area contributed by atoms with Gasteiger partial charge >= 0.3 is 5.97 Å². The van der Waals surface area contributed by atoms with Gasteiger partial charge in [-0.2, -0.15) is 5.26 Å². The second kappa shape index (κ2) is 21.9. The molecule has 0 radical (unpaired) electrons. The van der Waals surface area contributed by atoms with Gasteiger partial charge in [-0.15, -0.1) is 22.7 Å². The van der Waals surface area contributed by atoms with Crippen molar-refractivity contribution in [2.75, 3.05) is 18.1 Å². The van der Waals surface area contributed by atoms with Gasteiger partial charge in [0.05, 0.1) is 13.2 Å². The van der Waals surface area contributed by atoms with E-state index in [9.17, 15) is 15.2 Å². The van der Waals surface area contributed by atoms with E-state index in [4.69, 9.17) is 9.47 Å². The van der Waals surface area contributed by atoms with Crippen molar-refractivity contribution in [3.63, 3.8) is 0 Å². The van der Waals surface area contributed by atoms with Crippen molar-refractivity contribution < 1.29 is 19.4 Å². The number of carboxylic acids is 1. The van der Waals surface area contributed by atoms with E-state index in [1.54, 1.807) is 17.4 Å². The third-order valence-corrected chi connectivity index (χ3v) is 13.0. The number of anilines is 3. The molecule has 0 aliphatic rings. The van der Waals surface area contributed by atoms with Crippen LogP contribution in [0.25, 0.3) is 48.5 Å². The summed E-state index contributed by atoms with van der Waals surface area (Å²) in [7, 11) is 0. The molecule has 0 atom stereocenters. The Morgan fingerprint density at radius 2 is 0.935 bits per heavy atom. The van der Waals surface area contributed by atoms with Crippen LogP contribution >= 0.6 is 22.7 Å². The van der Waals surface area contributed by atoms with E-state index in [0.717, 1.165) is 102 Å². The Hall–Kier alpha value is -6.40. The molecule has 7 aromatic rings. The van der Waals surface area contributed by atoms with E-state index in [1.165, 1.54) is 55.9 Å². The Labute approximate surface area is 374 Å². The Bertz CT molecular complexity index is 2460. The summed E-state index contributed by atoms with van der Waals surface area (Å²) in [6.07, 6.45) is 10.9. The zero-order valence-electron chi connectivity index (χ0n) is 35.4. The third kappa shape index (κ3) is 11.5. The highest BCUT2D eigenvalue weighted by molar-refractivity contribution is 7.24. The minimum absolute atomic E-state index is 0.279. The first-order valence-corrected chi connectivity index (χ1v) is 23.2. The summed E-state index contributed by atoms with van der Waals surface area (Å²) in [6.45, 7) is 5.94. The first kappa shape index (κ1) is 43.7. The molecule has 0 spiro atoms. The molecule has 2 aromatic heterocycles. The van der Waals surface area contributed by atoms with Crippen LogP contribution < -0.4 is 14.4 Å². The topological polar surface area (TPSA) is 82.8 Å². The smallest absolute Gasteiger partial charge is 0.346 e. The molecule has 7 rings (SSSR count). The number of ether oxygens (including phenoxy) is 2. The number of carboxylic acid groups (broad SMARTS) is 1. The molecule has 2 heterocycles. The van der Waals surface area contributed by atoms with Crippen LogP contribution in [0, 0.1) is 11.3 Å². The van der Waals surface area contributed by atoms with Crippen LogP contribution in [0.5, 0.6) is 11.5 Å². The van der Waals surface area contributed by atoms with Gasteiger partial charge in [0.15, 0.2) is 0 Å². The van der Waals surface area contributed by atoms with E-state index in [2.05, 4.69) is 152 Å². The fraction of sp³-hybridized carbons (Fsp3) is 0.222. The number of unbranched alkanes of at least 4 members (excludes halogenated alkanes) is 6. The normalized spacial score (nSPS) is 11.3. The molecular weight excluding hydrogens is 805 g/mol. The molecule has 0 amide bonds. The van der Waals surface area contributed by atoms with Crippen LogP contribution in [-0.4, -0.2) is 24.3 Å². The van der Waals surface area contributed by atoms with Crippen molar-refractivity contribution in [3.8, 4) is 60.0 Å². The largest absolute Gasteiger partial charge is 0.494 e. The zero-order valence-corrected chi connectivity index (χ0v) is 37.0. The van der Waals surface area contributed by atoms with Crippen LogP contribution in [-0.2, 0) is 4.79 Å². The number of nitriles is 1. The summed E-state index contributed by atoms with van der Waals surface area (Å²) < 4.78 is 12.0. The Balaban J connectivity index is 1.11.